The van der Waals surface area contributed by atoms with E-state index in [2.05, 4.69) is 260 Å². The molecule has 13 rings (SSSR count). The van der Waals surface area contributed by atoms with Gasteiger partial charge in [-0.05, 0) is 86.0 Å². The largest absolute Gasteiger partial charge is 0.456 e. The molecule has 0 fully saturated rings. The quantitative estimate of drug-likeness (QED) is 0.151. The Morgan fingerprint density at radius 1 is 0.448 bits per heavy atom. The summed E-state index contributed by atoms with van der Waals surface area (Å²) in [6.45, 7) is 0. The average molecular weight is 856 g/mol. The Balaban J connectivity index is 1.10. The molecule has 0 N–H and O–H groups in total. The third-order valence-corrected chi connectivity index (χ3v) is 14.3. The van der Waals surface area contributed by atoms with Crippen LogP contribution in [0.25, 0.3) is 66.1 Å². The van der Waals surface area contributed by atoms with E-state index in [0.29, 0.717) is 0 Å². The number of hydrogen-bond acceptors (Lipinski definition) is 2. The van der Waals surface area contributed by atoms with Gasteiger partial charge in [-0.15, -0.1) is 0 Å². The summed E-state index contributed by atoms with van der Waals surface area (Å²) in [5.74, 6) is 0.0675. The summed E-state index contributed by atoms with van der Waals surface area (Å²) in [6.07, 6.45) is 8.04. The molecule has 0 bridgehead atoms. The van der Waals surface area contributed by atoms with Crippen LogP contribution < -0.4 is 4.90 Å². The molecule has 0 saturated carbocycles. The molecule has 1 atom stereocenters. The minimum absolute atomic E-state index is 0.0675. The first kappa shape index (κ1) is 39.0. The fourth-order valence-corrected chi connectivity index (χ4v) is 11.5. The Morgan fingerprint density at radius 3 is 1.82 bits per heavy atom. The Morgan fingerprint density at radius 2 is 1.03 bits per heavy atom. The molecule has 1 aromatic heterocycles. The first-order chi connectivity index (χ1) is 33.3. The second kappa shape index (κ2) is 15.9. The number of furan rings is 1. The lowest BCUT2D eigenvalue weighted by atomic mass is 9.68. The number of rotatable bonds is 8. The molecule has 2 nitrogen and oxygen atoms in total. The Kier molecular flexibility index (Phi) is 9.25. The van der Waals surface area contributed by atoms with Crippen LogP contribution in [-0.4, -0.2) is 0 Å². The molecule has 0 aliphatic heterocycles. The van der Waals surface area contributed by atoms with Gasteiger partial charge in [0.05, 0.1) is 16.8 Å². The standard InChI is InChI=1S/C65H45NO/c1-4-21-44(22-5-1)50-34-17-23-45-24-18-36-54(62(45)50)52-31-11-14-40-59(52)66(49-30-16-25-46(43-49)51-35-19-37-55-53-32-12-15-42-61(53)67-64(51)55)60-41-20-39-58-63(60)56-33-10-13-38-57(56)65(58,47-26-6-2-7-27-47)48-28-8-3-9-29-48/h1-24,26-43,46H,25H2. The van der Waals surface area contributed by atoms with Crippen molar-refractivity contribution in [3.63, 3.8) is 0 Å². The second-order valence-corrected chi connectivity index (χ2v) is 17.8. The molecule has 10 aromatic carbocycles. The lowest BCUT2D eigenvalue weighted by Crippen LogP contribution is -2.28. The van der Waals surface area contributed by atoms with Crippen LogP contribution in [0.3, 0.4) is 0 Å². The smallest absolute Gasteiger partial charge is 0.139 e. The van der Waals surface area contributed by atoms with Crippen LogP contribution in [0.15, 0.2) is 265 Å². The molecule has 67 heavy (non-hydrogen) atoms. The Bertz CT molecular complexity index is 3680. The van der Waals surface area contributed by atoms with Gasteiger partial charge < -0.3 is 9.32 Å². The highest BCUT2D eigenvalue weighted by Crippen LogP contribution is 2.60. The van der Waals surface area contributed by atoms with Crippen LogP contribution in [0.4, 0.5) is 11.4 Å². The highest BCUT2D eigenvalue weighted by atomic mass is 16.3. The number of benzene rings is 10. The summed E-state index contributed by atoms with van der Waals surface area (Å²) >= 11 is 0. The summed E-state index contributed by atoms with van der Waals surface area (Å²) in [7, 11) is 0. The number of para-hydroxylation sites is 3. The maximum atomic E-state index is 6.71. The second-order valence-electron chi connectivity index (χ2n) is 17.8. The average Bonchev–Trinajstić information content (AvgIpc) is 3.94. The summed E-state index contributed by atoms with van der Waals surface area (Å²) in [6, 6.07) is 86.6. The molecule has 2 aliphatic carbocycles. The molecule has 1 unspecified atom stereocenters. The fourth-order valence-electron chi connectivity index (χ4n) is 11.5. The first-order valence-corrected chi connectivity index (χ1v) is 23.4. The summed E-state index contributed by atoms with van der Waals surface area (Å²) < 4.78 is 6.71. The van der Waals surface area contributed by atoms with E-state index in [1.807, 2.05) is 0 Å². The van der Waals surface area contributed by atoms with E-state index in [1.165, 1.54) is 66.4 Å². The van der Waals surface area contributed by atoms with Crippen molar-refractivity contribution in [2.45, 2.75) is 17.8 Å². The molecule has 0 amide bonds. The van der Waals surface area contributed by atoms with Crippen molar-refractivity contribution < 1.29 is 4.42 Å². The van der Waals surface area contributed by atoms with E-state index in [9.17, 15) is 0 Å². The minimum Gasteiger partial charge on any atom is -0.456 e. The van der Waals surface area contributed by atoms with Crippen molar-refractivity contribution >= 4 is 44.1 Å². The van der Waals surface area contributed by atoms with Crippen molar-refractivity contribution in [2.75, 3.05) is 4.90 Å². The lowest BCUT2D eigenvalue weighted by molar-refractivity contribution is 0.657. The normalized spacial score (nSPS) is 14.8. The van der Waals surface area contributed by atoms with Gasteiger partial charge in [0.2, 0.25) is 0 Å². The zero-order valence-electron chi connectivity index (χ0n) is 36.9. The number of fused-ring (bicyclic) bond motifs is 7. The van der Waals surface area contributed by atoms with Gasteiger partial charge in [-0.25, -0.2) is 0 Å². The maximum Gasteiger partial charge on any atom is 0.139 e. The minimum atomic E-state index is -0.549. The van der Waals surface area contributed by atoms with Crippen LogP contribution in [0, 0.1) is 0 Å². The van der Waals surface area contributed by atoms with Crippen LogP contribution in [0.2, 0.25) is 0 Å². The third kappa shape index (κ3) is 6.10. The third-order valence-electron chi connectivity index (χ3n) is 14.3. The zero-order chi connectivity index (χ0) is 44.3. The van der Waals surface area contributed by atoms with Crippen molar-refractivity contribution in [1.82, 2.24) is 0 Å². The van der Waals surface area contributed by atoms with E-state index in [1.54, 1.807) is 0 Å². The molecule has 2 heteroatoms. The molecule has 0 radical (unpaired) electrons. The van der Waals surface area contributed by atoms with Crippen molar-refractivity contribution in [3.05, 3.63) is 288 Å². The maximum absolute atomic E-state index is 6.71. The van der Waals surface area contributed by atoms with Gasteiger partial charge in [-0.3, -0.25) is 0 Å². The van der Waals surface area contributed by atoms with E-state index in [-0.39, 0.29) is 5.92 Å². The number of nitrogens with zero attached hydrogens (tertiary/aromatic N) is 1. The van der Waals surface area contributed by atoms with E-state index < -0.39 is 5.41 Å². The van der Waals surface area contributed by atoms with Gasteiger partial charge in [0.25, 0.3) is 0 Å². The summed E-state index contributed by atoms with van der Waals surface area (Å²) in [5, 5.41) is 4.75. The molecular weight excluding hydrogens is 811 g/mol. The van der Waals surface area contributed by atoms with Gasteiger partial charge >= 0.3 is 0 Å². The molecule has 0 saturated heterocycles. The highest BCUT2D eigenvalue weighted by molar-refractivity contribution is 6.09. The highest BCUT2D eigenvalue weighted by Gasteiger charge is 2.47. The SMILES string of the molecule is C1=CC(N(c2ccccc2-c2cccc3cccc(-c4ccccc4)c23)c2cccc3c2-c2ccccc2C3(c2ccccc2)c2ccccc2)=CC(c2cccc3c2oc2ccccc23)C1. The molecule has 316 valence electrons. The molecule has 11 aromatic rings. The molecule has 1 heterocycles. The lowest BCUT2D eigenvalue weighted by Gasteiger charge is -2.35. The molecule has 0 spiro atoms. The van der Waals surface area contributed by atoms with Crippen molar-refractivity contribution in [3.8, 4) is 33.4 Å². The summed E-state index contributed by atoms with van der Waals surface area (Å²) in [4.78, 5) is 2.56. The van der Waals surface area contributed by atoms with Crippen LogP contribution in [0.1, 0.15) is 40.2 Å². The van der Waals surface area contributed by atoms with Crippen LogP contribution in [-0.2, 0) is 5.41 Å². The van der Waals surface area contributed by atoms with Gasteiger partial charge in [-0.2, -0.15) is 0 Å². The Hall–Kier alpha value is -8.46. The number of anilines is 2. The number of hydrogen-bond donors (Lipinski definition) is 0. The van der Waals surface area contributed by atoms with E-state index in [0.717, 1.165) is 51.0 Å². The van der Waals surface area contributed by atoms with Crippen molar-refractivity contribution in [1.29, 1.82) is 0 Å². The zero-order valence-corrected chi connectivity index (χ0v) is 36.9. The predicted molar refractivity (Wildman–Crippen MR) is 279 cm³/mol. The van der Waals surface area contributed by atoms with Gasteiger partial charge in [0.1, 0.15) is 11.2 Å². The Labute approximate surface area is 391 Å². The van der Waals surface area contributed by atoms with Gasteiger partial charge in [-0.1, -0.05) is 231 Å². The van der Waals surface area contributed by atoms with Crippen LogP contribution in [0.5, 0.6) is 0 Å². The van der Waals surface area contributed by atoms with Crippen molar-refractivity contribution in [2.24, 2.45) is 0 Å². The number of allylic oxidation sites excluding steroid dienone is 3. The van der Waals surface area contributed by atoms with E-state index >= 15 is 0 Å². The summed E-state index contributed by atoms with van der Waals surface area (Å²) in [5.41, 5.74) is 18.2. The molecule has 2 aliphatic rings. The van der Waals surface area contributed by atoms with Gasteiger partial charge in [0.15, 0.2) is 0 Å². The van der Waals surface area contributed by atoms with Crippen LogP contribution >= 0.6 is 0 Å². The molecular formula is C65H45NO. The monoisotopic (exact) mass is 855 g/mol. The van der Waals surface area contributed by atoms with E-state index in [4.69, 9.17) is 4.42 Å². The van der Waals surface area contributed by atoms with Gasteiger partial charge in [0, 0.05) is 39.1 Å². The topological polar surface area (TPSA) is 16.4 Å². The predicted octanol–water partition coefficient (Wildman–Crippen LogP) is 17.2. The fraction of sp³-hybridized carbons (Fsp3) is 0.0462. The first-order valence-electron chi connectivity index (χ1n) is 23.4.